The lowest BCUT2D eigenvalue weighted by Crippen LogP contribution is -2.30. The van der Waals surface area contributed by atoms with E-state index >= 15 is 0 Å². The first-order valence-electron chi connectivity index (χ1n) is 10.6. The summed E-state index contributed by atoms with van der Waals surface area (Å²) in [6.45, 7) is 4.36. The zero-order valence-electron chi connectivity index (χ0n) is 16.4. The smallest absolute Gasteiger partial charge is 0.306 e. The number of carbonyl (C=O) groups is 2. The van der Waals surface area contributed by atoms with E-state index in [1.165, 1.54) is 38.5 Å². The van der Waals surface area contributed by atoms with Crippen molar-refractivity contribution in [2.24, 2.45) is 0 Å². The fourth-order valence-electron chi connectivity index (χ4n) is 3.36. The molecule has 0 saturated heterocycles. The van der Waals surface area contributed by atoms with Crippen molar-refractivity contribution < 1.29 is 19.1 Å². The number of rotatable bonds is 14. The van der Waals surface area contributed by atoms with Crippen molar-refractivity contribution in [2.75, 3.05) is 0 Å². The van der Waals surface area contributed by atoms with Crippen LogP contribution in [0.2, 0.25) is 0 Å². The second kappa shape index (κ2) is 14.1. The van der Waals surface area contributed by atoms with E-state index < -0.39 is 0 Å². The monoisotopic (exact) mass is 354 g/mol. The second-order valence-electron chi connectivity index (χ2n) is 7.32. The van der Waals surface area contributed by atoms with Gasteiger partial charge in [-0.25, -0.2) is 0 Å². The van der Waals surface area contributed by atoms with Gasteiger partial charge in [0, 0.05) is 12.8 Å². The molecular weight excluding hydrogens is 316 g/mol. The molecule has 4 heteroatoms. The first-order chi connectivity index (χ1) is 12.2. The van der Waals surface area contributed by atoms with E-state index in [9.17, 15) is 9.59 Å². The van der Waals surface area contributed by atoms with E-state index in [-0.39, 0.29) is 24.1 Å². The molecule has 1 fully saturated rings. The van der Waals surface area contributed by atoms with Crippen LogP contribution in [0.5, 0.6) is 0 Å². The lowest BCUT2D eigenvalue weighted by atomic mass is 10.1. The van der Waals surface area contributed by atoms with Gasteiger partial charge in [-0.05, 0) is 32.1 Å². The molecule has 0 unspecified atom stereocenters. The van der Waals surface area contributed by atoms with Gasteiger partial charge in [-0.1, -0.05) is 65.2 Å². The Kier molecular flexibility index (Phi) is 12.4. The maximum atomic E-state index is 12.0. The summed E-state index contributed by atoms with van der Waals surface area (Å²) in [5.74, 6) is -0.270. The van der Waals surface area contributed by atoms with Crippen LogP contribution in [0.25, 0.3) is 0 Å². The fourth-order valence-corrected chi connectivity index (χ4v) is 3.36. The molecule has 0 heterocycles. The maximum Gasteiger partial charge on any atom is 0.306 e. The highest BCUT2D eigenvalue weighted by Crippen LogP contribution is 2.26. The van der Waals surface area contributed by atoms with Crippen LogP contribution in [0.1, 0.15) is 110 Å². The highest BCUT2D eigenvalue weighted by Gasteiger charge is 2.33. The van der Waals surface area contributed by atoms with Gasteiger partial charge in [-0.15, -0.1) is 0 Å². The highest BCUT2D eigenvalue weighted by atomic mass is 16.6. The molecule has 0 N–H and O–H groups in total. The highest BCUT2D eigenvalue weighted by molar-refractivity contribution is 5.70. The van der Waals surface area contributed by atoms with E-state index in [1.807, 2.05) is 0 Å². The second-order valence-corrected chi connectivity index (χ2v) is 7.32. The molecule has 146 valence electrons. The predicted molar refractivity (Wildman–Crippen MR) is 100 cm³/mol. The average Bonchev–Trinajstić information content (AvgIpc) is 3.01. The molecule has 0 aromatic heterocycles. The molecule has 0 aliphatic heterocycles. The molecule has 0 aromatic carbocycles. The molecule has 0 aromatic rings. The Balaban J connectivity index is 2.17. The first-order valence-corrected chi connectivity index (χ1v) is 10.6. The number of hydrogen-bond acceptors (Lipinski definition) is 4. The number of carbonyl (C=O) groups excluding carboxylic acids is 2. The summed E-state index contributed by atoms with van der Waals surface area (Å²) in [6.07, 6.45) is 14.3. The van der Waals surface area contributed by atoms with E-state index in [0.29, 0.717) is 12.8 Å². The van der Waals surface area contributed by atoms with Crippen LogP contribution in [-0.4, -0.2) is 24.1 Å². The molecular formula is C21H38O4. The van der Waals surface area contributed by atoms with Crippen LogP contribution < -0.4 is 0 Å². The quantitative estimate of drug-likeness (QED) is 0.296. The third kappa shape index (κ3) is 10.5. The van der Waals surface area contributed by atoms with Gasteiger partial charge in [0.15, 0.2) is 0 Å². The summed E-state index contributed by atoms with van der Waals surface area (Å²) in [6, 6.07) is 0. The minimum atomic E-state index is -0.229. The summed E-state index contributed by atoms with van der Waals surface area (Å²) in [5.41, 5.74) is 0. The molecule has 0 amide bonds. The van der Waals surface area contributed by atoms with Gasteiger partial charge in [0.05, 0.1) is 0 Å². The fraction of sp³-hybridized carbons (Fsp3) is 0.905. The van der Waals surface area contributed by atoms with Crippen molar-refractivity contribution in [1.29, 1.82) is 0 Å². The summed E-state index contributed by atoms with van der Waals surface area (Å²) in [5, 5.41) is 0. The Hall–Kier alpha value is -1.06. The standard InChI is InChI=1S/C21H38O4/c1-3-5-7-9-11-16-20(22)24-18-14-13-15-19(18)25-21(23)17-12-10-8-6-4-2/h18-19H,3-17H2,1-2H3/t18-,19-/m1/s1. The molecule has 1 aliphatic rings. The Morgan fingerprint density at radius 1 is 0.680 bits per heavy atom. The van der Waals surface area contributed by atoms with Crippen molar-refractivity contribution >= 4 is 11.9 Å². The number of unbranched alkanes of at least 4 members (excludes halogenated alkanes) is 8. The summed E-state index contributed by atoms with van der Waals surface area (Å²) in [7, 11) is 0. The van der Waals surface area contributed by atoms with E-state index in [0.717, 1.165) is 44.9 Å². The Morgan fingerprint density at radius 3 is 1.48 bits per heavy atom. The molecule has 0 spiro atoms. The van der Waals surface area contributed by atoms with Crippen LogP contribution in [0.3, 0.4) is 0 Å². The molecule has 25 heavy (non-hydrogen) atoms. The molecule has 2 atom stereocenters. The lowest BCUT2D eigenvalue weighted by Gasteiger charge is -2.20. The third-order valence-electron chi connectivity index (χ3n) is 4.93. The van der Waals surface area contributed by atoms with E-state index in [4.69, 9.17) is 9.47 Å². The van der Waals surface area contributed by atoms with E-state index in [1.54, 1.807) is 0 Å². The minimum absolute atomic E-state index is 0.135. The van der Waals surface area contributed by atoms with Crippen LogP contribution in [0.15, 0.2) is 0 Å². The molecule has 0 bridgehead atoms. The summed E-state index contributed by atoms with van der Waals surface area (Å²) < 4.78 is 11.1. The molecule has 1 aliphatic carbocycles. The first kappa shape index (κ1) is 22.0. The van der Waals surface area contributed by atoms with Crippen molar-refractivity contribution in [3.05, 3.63) is 0 Å². The van der Waals surface area contributed by atoms with Crippen LogP contribution in [-0.2, 0) is 19.1 Å². The largest absolute Gasteiger partial charge is 0.458 e. The van der Waals surface area contributed by atoms with Crippen molar-refractivity contribution in [3.8, 4) is 0 Å². The van der Waals surface area contributed by atoms with Gasteiger partial charge in [0.2, 0.25) is 0 Å². The van der Waals surface area contributed by atoms with Crippen LogP contribution in [0.4, 0.5) is 0 Å². The van der Waals surface area contributed by atoms with Gasteiger partial charge in [0.1, 0.15) is 12.2 Å². The lowest BCUT2D eigenvalue weighted by molar-refractivity contribution is -0.165. The molecule has 0 radical (unpaired) electrons. The Bertz CT molecular complexity index is 333. The minimum Gasteiger partial charge on any atom is -0.458 e. The molecule has 4 nitrogen and oxygen atoms in total. The van der Waals surface area contributed by atoms with Crippen LogP contribution >= 0.6 is 0 Å². The van der Waals surface area contributed by atoms with Gasteiger partial charge in [-0.2, -0.15) is 0 Å². The zero-order chi connectivity index (χ0) is 18.3. The van der Waals surface area contributed by atoms with Gasteiger partial charge < -0.3 is 9.47 Å². The topological polar surface area (TPSA) is 52.6 Å². The number of hydrogen-bond donors (Lipinski definition) is 0. The Morgan fingerprint density at radius 2 is 1.08 bits per heavy atom. The van der Waals surface area contributed by atoms with Crippen molar-refractivity contribution in [3.63, 3.8) is 0 Å². The SMILES string of the molecule is CCCCCCCC(=O)O[C@@H]1CCC[C@H]1OC(=O)CCCCCCC. The van der Waals surface area contributed by atoms with Crippen LogP contribution in [0, 0.1) is 0 Å². The normalized spacial score (nSPS) is 19.8. The predicted octanol–water partition coefficient (Wildman–Crippen LogP) is 5.71. The molecule has 1 rings (SSSR count). The average molecular weight is 355 g/mol. The third-order valence-corrected chi connectivity index (χ3v) is 4.93. The summed E-state index contributed by atoms with van der Waals surface area (Å²) in [4.78, 5) is 23.9. The number of ether oxygens (including phenoxy) is 2. The van der Waals surface area contributed by atoms with Crippen molar-refractivity contribution in [2.45, 2.75) is 122 Å². The summed E-state index contributed by atoms with van der Waals surface area (Å²) >= 11 is 0. The number of esters is 2. The Labute approximate surface area is 154 Å². The van der Waals surface area contributed by atoms with Crippen molar-refractivity contribution in [1.82, 2.24) is 0 Å². The van der Waals surface area contributed by atoms with E-state index in [2.05, 4.69) is 13.8 Å². The van der Waals surface area contributed by atoms with Gasteiger partial charge in [-0.3, -0.25) is 9.59 Å². The zero-order valence-corrected chi connectivity index (χ0v) is 16.4. The molecule has 1 saturated carbocycles. The van der Waals surface area contributed by atoms with Gasteiger partial charge in [0.25, 0.3) is 0 Å². The van der Waals surface area contributed by atoms with Gasteiger partial charge >= 0.3 is 11.9 Å². The maximum absolute atomic E-state index is 12.0.